The van der Waals surface area contributed by atoms with Gasteiger partial charge in [0.05, 0.1) is 29.7 Å². The number of benzene rings is 3. The zero-order valence-corrected chi connectivity index (χ0v) is 18.7. The third-order valence-corrected chi connectivity index (χ3v) is 4.96. The lowest BCUT2D eigenvalue weighted by molar-refractivity contribution is -0.137. The summed E-state index contributed by atoms with van der Waals surface area (Å²) in [5.41, 5.74) is 1.48. The highest BCUT2D eigenvalue weighted by Gasteiger charge is 2.29. The van der Waals surface area contributed by atoms with Crippen LogP contribution in [-0.4, -0.2) is 28.2 Å². The van der Waals surface area contributed by atoms with E-state index in [1.807, 2.05) is 0 Å². The summed E-state index contributed by atoms with van der Waals surface area (Å²) in [6, 6.07) is 17.4. The van der Waals surface area contributed by atoms with Crippen LogP contribution in [0.3, 0.4) is 0 Å². The van der Waals surface area contributed by atoms with Crippen molar-refractivity contribution in [3.8, 4) is 17.0 Å². The van der Waals surface area contributed by atoms with E-state index in [2.05, 4.69) is 30.3 Å². The standard InChI is InChI=1S/C25H18F3N5O3/c1-36-23(35)19-14-17(10-11-22(19)34)32-33-21-5-3-2-4-18(21)20-12-13-29-24(31-20)30-16-8-6-15(7-9-16)25(26,27)28/h2-14,34H,1H3,(H,29,30,31). The second-order valence-corrected chi connectivity index (χ2v) is 7.38. The number of methoxy groups -OCH3 is 1. The Balaban J connectivity index is 1.59. The van der Waals surface area contributed by atoms with Crippen LogP contribution in [0.15, 0.2) is 89.2 Å². The van der Waals surface area contributed by atoms with Crippen molar-refractivity contribution in [1.29, 1.82) is 0 Å². The summed E-state index contributed by atoms with van der Waals surface area (Å²) in [4.78, 5) is 20.4. The van der Waals surface area contributed by atoms with Gasteiger partial charge in [0.25, 0.3) is 0 Å². The van der Waals surface area contributed by atoms with Crippen molar-refractivity contribution < 1.29 is 27.8 Å². The Morgan fingerprint density at radius 3 is 2.47 bits per heavy atom. The van der Waals surface area contributed by atoms with Gasteiger partial charge in [-0.05, 0) is 54.6 Å². The monoisotopic (exact) mass is 493 g/mol. The van der Waals surface area contributed by atoms with Gasteiger partial charge in [0, 0.05) is 17.4 Å². The summed E-state index contributed by atoms with van der Waals surface area (Å²) in [5, 5.41) is 21.2. The van der Waals surface area contributed by atoms with Gasteiger partial charge in [-0.3, -0.25) is 0 Å². The van der Waals surface area contributed by atoms with Crippen LogP contribution in [0.25, 0.3) is 11.3 Å². The molecule has 1 aromatic heterocycles. The van der Waals surface area contributed by atoms with Gasteiger partial charge in [-0.1, -0.05) is 18.2 Å². The van der Waals surface area contributed by atoms with Crippen molar-refractivity contribution in [2.24, 2.45) is 10.2 Å². The number of nitrogens with one attached hydrogen (secondary N) is 1. The quantitative estimate of drug-likeness (QED) is 0.226. The molecule has 0 aliphatic rings. The van der Waals surface area contributed by atoms with E-state index in [1.54, 1.807) is 30.3 Å². The van der Waals surface area contributed by atoms with Gasteiger partial charge in [-0.15, -0.1) is 5.11 Å². The summed E-state index contributed by atoms with van der Waals surface area (Å²) in [5.74, 6) is -0.769. The van der Waals surface area contributed by atoms with E-state index in [-0.39, 0.29) is 17.3 Å². The van der Waals surface area contributed by atoms with Gasteiger partial charge in [0.15, 0.2) is 0 Å². The van der Waals surface area contributed by atoms with Crippen LogP contribution in [0.5, 0.6) is 5.75 Å². The number of rotatable bonds is 6. The van der Waals surface area contributed by atoms with Crippen LogP contribution < -0.4 is 5.32 Å². The maximum absolute atomic E-state index is 12.8. The largest absolute Gasteiger partial charge is 0.507 e. The molecule has 0 saturated carbocycles. The molecule has 0 unspecified atom stereocenters. The van der Waals surface area contributed by atoms with Gasteiger partial charge in [0.1, 0.15) is 11.3 Å². The number of carbonyl (C=O) groups is 1. The number of carbonyl (C=O) groups excluding carboxylic acids is 1. The molecule has 0 atom stereocenters. The van der Waals surface area contributed by atoms with Gasteiger partial charge in [-0.2, -0.15) is 18.3 Å². The number of azo groups is 1. The molecule has 0 spiro atoms. The molecule has 2 N–H and O–H groups in total. The molecular formula is C25H18F3N5O3. The number of alkyl halides is 3. The molecule has 0 amide bonds. The number of nitrogens with zero attached hydrogens (tertiary/aromatic N) is 4. The molecule has 4 rings (SSSR count). The molecule has 3 aromatic carbocycles. The van der Waals surface area contributed by atoms with Gasteiger partial charge in [0.2, 0.25) is 5.95 Å². The Morgan fingerprint density at radius 2 is 1.75 bits per heavy atom. The first kappa shape index (κ1) is 24.3. The third kappa shape index (κ3) is 5.63. The predicted octanol–water partition coefficient (Wildman–Crippen LogP) is 6.81. The molecular weight excluding hydrogens is 475 g/mol. The Bertz CT molecular complexity index is 1420. The maximum Gasteiger partial charge on any atom is 0.416 e. The fraction of sp³-hybridized carbons (Fsp3) is 0.0800. The van der Waals surface area contributed by atoms with E-state index in [1.165, 1.54) is 43.6 Å². The minimum Gasteiger partial charge on any atom is -0.507 e. The van der Waals surface area contributed by atoms with Crippen LogP contribution in [0, 0.1) is 0 Å². The highest BCUT2D eigenvalue weighted by molar-refractivity contribution is 5.93. The maximum atomic E-state index is 12.8. The number of phenolic OH excluding ortho intramolecular Hbond substituents is 1. The second-order valence-electron chi connectivity index (χ2n) is 7.38. The second kappa shape index (κ2) is 10.2. The van der Waals surface area contributed by atoms with E-state index in [0.29, 0.717) is 28.3 Å². The molecule has 1 heterocycles. The van der Waals surface area contributed by atoms with Crippen LogP contribution in [0.2, 0.25) is 0 Å². The van der Waals surface area contributed by atoms with Gasteiger partial charge >= 0.3 is 12.1 Å². The van der Waals surface area contributed by atoms with E-state index in [0.717, 1.165) is 12.1 Å². The highest BCUT2D eigenvalue weighted by atomic mass is 19.4. The average molecular weight is 493 g/mol. The topological polar surface area (TPSA) is 109 Å². The number of aromatic hydroxyl groups is 1. The zero-order valence-electron chi connectivity index (χ0n) is 18.7. The molecule has 182 valence electrons. The summed E-state index contributed by atoms with van der Waals surface area (Å²) in [7, 11) is 1.20. The number of aromatic nitrogens is 2. The van der Waals surface area contributed by atoms with Crippen LogP contribution in [-0.2, 0) is 10.9 Å². The number of ether oxygens (including phenoxy) is 1. The normalized spacial score (nSPS) is 11.4. The van der Waals surface area contributed by atoms with Crippen molar-refractivity contribution in [2.75, 3.05) is 12.4 Å². The summed E-state index contributed by atoms with van der Waals surface area (Å²) in [6.07, 6.45) is -2.92. The molecule has 11 heteroatoms. The van der Waals surface area contributed by atoms with Crippen molar-refractivity contribution >= 4 is 29.0 Å². The van der Waals surface area contributed by atoms with Crippen molar-refractivity contribution in [2.45, 2.75) is 6.18 Å². The first-order valence-corrected chi connectivity index (χ1v) is 10.4. The van der Waals surface area contributed by atoms with Gasteiger partial charge < -0.3 is 15.2 Å². The molecule has 8 nitrogen and oxygen atoms in total. The predicted molar refractivity (Wildman–Crippen MR) is 126 cm³/mol. The Labute approximate surface area is 203 Å². The average Bonchev–Trinajstić information content (AvgIpc) is 2.88. The van der Waals surface area contributed by atoms with Crippen molar-refractivity contribution in [1.82, 2.24) is 9.97 Å². The highest BCUT2D eigenvalue weighted by Crippen LogP contribution is 2.33. The molecule has 36 heavy (non-hydrogen) atoms. The number of anilines is 2. The van der Waals surface area contributed by atoms with Crippen LogP contribution in [0.4, 0.5) is 36.2 Å². The van der Waals surface area contributed by atoms with Crippen molar-refractivity contribution in [3.63, 3.8) is 0 Å². The summed E-state index contributed by atoms with van der Waals surface area (Å²) in [6.45, 7) is 0. The third-order valence-electron chi connectivity index (χ3n) is 4.96. The number of halogens is 3. The van der Waals surface area contributed by atoms with Crippen molar-refractivity contribution in [3.05, 3.63) is 90.1 Å². The lowest BCUT2D eigenvalue weighted by Gasteiger charge is -2.10. The van der Waals surface area contributed by atoms with Crippen LogP contribution in [0.1, 0.15) is 15.9 Å². The molecule has 4 aromatic rings. The first-order valence-electron chi connectivity index (χ1n) is 10.4. The molecule has 0 bridgehead atoms. The van der Waals surface area contributed by atoms with Gasteiger partial charge in [-0.25, -0.2) is 14.8 Å². The minimum absolute atomic E-state index is 0.0444. The Hall–Kier alpha value is -4.80. The smallest absolute Gasteiger partial charge is 0.416 e. The molecule has 0 aliphatic heterocycles. The molecule has 0 aliphatic carbocycles. The van der Waals surface area contributed by atoms with E-state index in [4.69, 9.17) is 0 Å². The Kier molecular flexibility index (Phi) is 6.91. The number of hydrogen-bond donors (Lipinski definition) is 2. The lowest BCUT2D eigenvalue weighted by atomic mass is 10.1. The van der Waals surface area contributed by atoms with E-state index in [9.17, 15) is 23.1 Å². The van der Waals surface area contributed by atoms with Crippen LogP contribution >= 0.6 is 0 Å². The summed E-state index contributed by atoms with van der Waals surface area (Å²) < 4.78 is 43.0. The number of hydrogen-bond acceptors (Lipinski definition) is 8. The number of phenols is 1. The fourth-order valence-corrected chi connectivity index (χ4v) is 3.19. The zero-order chi connectivity index (χ0) is 25.7. The number of esters is 1. The molecule has 0 radical (unpaired) electrons. The van der Waals surface area contributed by atoms with E-state index >= 15 is 0 Å². The Morgan fingerprint density at radius 1 is 1.00 bits per heavy atom. The lowest BCUT2D eigenvalue weighted by Crippen LogP contribution is -2.04. The fourth-order valence-electron chi connectivity index (χ4n) is 3.19. The first-order chi connectivity index (χ1) is 17.2. The molecule has 0 fully saturated rings. The molecule has 0 saturated heterocycles. The summed E-state index contributed by atoms with van der Waals surface area (Å²) >= 11 is 0. The minimum atomic E-state index is -4.42. The SMILES string of the molecule is COC(=O)c1cc(N=Nc2ccccc2-c2ccnc(Nc3ccc(C(F)(F)F)cc3)n2)ccc1O. The van der Waals surface area contributed by atoms with E-state index < -0.39 is 17.7 Å².